The monoisotopic (exact) mass is 492 g/mol. The van der Waals surface area contributed by atoms with Crippen LogP contribution in [0.5, 0.6) is 5.75 Å². The molecule has 1 amide bonds. The van der Waals surface area contributed by atoms with Crippen LogP contribution in [0.25, 0.3) is 0 Å². The molecular formula is C22H33BrN6O2. The fourth-order valence-electron chi connectivity index (χ4n) is 3.93. The highest BCUT2D eigenvalue weighted by Crippen LogP contribution is 2.29. The second-order valence-corrected chi connectivity index (χ2v) is 8.60. The number of ether oxygens (including phenoxy) is 1. The van der Waals surface area contributed by atoms with Gasteiger partial charge in [0.2, 0.25) is 5.95 Å². The van der Waals surface area contributed by atoms with Gasteiger partial charge in [0.25, 0.3) is 5.91 Å². The topological polar surface area (TPSA) is 106 Å². The van der Waals surface area contributed by atoms with Gasteiger partial charge in [-0.25, -0.2) is 0 Å². The van der Waals surface area contributed by atoms with Crippen molar-refractivity contribution in [3.05, 3.63) is 33.9 Å². The molecule has 0 atom stereocenters. The summed E-state index contributed by atoms with van der Waals surface area (Å²) < 4.78 is 8.19. The van der Waals surface area contributed by atoms with Gasteiger partial charge in [-0.1, -0.05) is 25.3 Å². The molecule has 1 aliphatic carbocycles. The van der Waals surface area contributed by atoms with Crippen LogP contribution in [-0.4, -0.2) is 48.2 Å². The second kappa shape index (κ2) is 11.4. The van der Waals surface area contributed by atoms with E-state index < -0.39 is 0 Å². The summed E-state index contributed by atoms with van der Waals surface area (Å²) in [6.45, 7) is 3.95. The molecule has 0 saturated heterocycles. The first-order chi connectivity index (χ1) is 15.1. The largest absolute Gasteiger partial charge is 0.496 e. The lowest BCUT2D eigenvalue weighted by atomic mass is 9.96. The highest BCUT2D eigenvalue weighted by molar-refractivity contribution is 9.10. The Kier molecular flexibility index (Phi) is 8.60. The highest BCUT2D eigenvalue weighted by atomic mass is 79.9. The van der Waals surface area contributed by atoms with Crippen molar-refractivity contribution < 1.29 is 9.53 Å². The van der Waals surface area contributed by atoms with Crippen molar-refractivity contribution in [2.24, 2.45) is 5.73 Å². The normalized spacial score (nSPS) is 14.3. The summed E-state index contributed by atoms with van der Waals surface area (Å²) in [5.74, 6) is 1.88. The average molecular weight is 493 g/mol. The van der Waals surface area contributed by atoms with E-state index in [4.69, 9.17) is 15.5 Å². The van der Waals surface area contributed by atoms with Crippen LogP contribution in [0.15, 0.2) is 22.7 Å². The fraction of sp³-hybridized carbons (Fsp3) is 0.545. The Bertz CT molecular complexity index is 879. The number of halogens is 1. The first-order valence-corrected chi connectivity index (χ1v) is 11.8. The van der Waals surface area contributed by atoms with Crippen molar-refractivity contribution in [3.63, 3.8) is 0 Å². The Hall–Kier alpha value is -2.26. The summed E-state index contributed by atoms with van der Waals surface area (Å²) in [4.78, 5) is 17.8. The minimum Gasteiger partial charge on any atom is -0.496 e. The highest BCUT2D eigenvalue weighted by Gasteiger charge is 2.25. The van der Waals surface area contributed by atoms with Crippen LogP contribution in [0.3, 0.4) is 0 Å². The third-order valence-corrected chi connectivity index (χ3v) is 6.07. The molecule has 1 fully saturated rings. The van der Waals surface area contributed by atoms with Crippen LogP contribution >= 0.6 is 15.9 Å². The van der Waals surface area contributed by atoms with Crippen LogP contribution < -0.4 is 26.4 Å². The van der Waals surface area contributed by atoms with Gasteiger partial charge in [-0.2, -0.15) is 4.98 Å². The molecule has 2 aromatic rings. The van der Waals surface area contributed by atoms with Gasteiger partial charge in [0, 0.05) is 25.7 Å². The number of hydrogen-bond donors (Lipinski definition) is 4. The minimum atomic E-state index is -0.154. The van der Waals surface area contributed by atoms with E-state index in [0.717, 1.165) is 28.6 Å². The van der Waals surface area contributed by atoms with E-state index in [1.165, 1.54) is 19.3 Å². The summed E-state index contributed by atoms with van der Waals surface area (Å²) in [7, 11) is 1.64. The maximum atomic E-state index is 13.0. The molecule has 3 rings (SSSR count). The Labute approximate surface area is 192 Å². The van der Waals surface area contributed by atoms with E-state index in [1.807, 2.05) is 29.7 Å². The molecule has 0 radical (unpaired) electrons. The van der Waals surface area contributed by atoms with Crippen LogP contribution in [0.4, 0.5) is 11.8 Å². The van der Waals surface area contributed by atoms with E-state index in [9.17, 15) is 4.79 Å². The zero-order valence-electron chi connectivity index (χ0n) is 18.3. The summed E-state index contributed by atoms with van der Waals surface area (Å²) in [5.41, 5.74) is 7.24. The number of carbonyl (C=O) groups is 1. The SMILES string of the molecule is CCNC(=O)c1c(NCCN)nc(NC2CCCCC2)n1Cc1ccc(OC)c(Br)c1. The lowest BCUT2D eigenvalue weighted by Crippen LogP contribution is -2.29. The van der Waals surface area contributed by atoms with Gasteiger partial charge in [0.1, 0.15) is 5.75 Å². The van der Waals surface area contributed by atoms with Gasteiger partial charge >= 0.3 is 0 Å². The molecule has 170 valence electrons. The Morgan fingerprint density at radius 1 is 1.32 bits per heavy atom. The molecule has 8 nitrogen and oxygen atoms in total. The predicted molar refractivity (Wildman–Crippen MR) is 128 cm³/mol. The smallest absolute Gasteiger partial charge is 0.271 e. The lowest BCUT2D eigenvalue weighted by Gasteiger charge is -2.24. The summed E-state index contributed by atoms with van der Waals surface area (Å²) >= 11 is 3.56. The first-order valence-electron chi connectivity index (χ1n) is 11.0. The van der Waals surface area contributed by atoms with E-state index in [-0.39, 0.29) is 5.91 Å². The Morgan fingerprint density at radius 3 is 2.74 bits per heavy atom. The summed E-state index contributed by atoms with van der Waals surface area (Å²) in [6.07, 6.45) is 5.93. The molecule has 0 bridgehead atoms. The quantitative estimate of drug-likeness (QED) is 0.403. The van der Waals surface area contributed by atoms with E-state index in [0.29, 0.717) is 49.7 Å². The average Bonchev–Trinajstić information content (AvgIpc) is 3.10. The Balaban J connectivity index is 2.00. The zero-order chi connectivity index (χ0) is 22.2. The molecule has 1 aromatic heterocycles. The van der Waals surface area contributed by atoms with Crippen molar-refractivity contribution in [1.82, 2.24) is 14.9 Å². The van der Waals surface area contributed by atoms with E-state index in [1.54, 1.807) is 7.11 Å². The molecule has 1 aromatic carbocycles. The van der Waals surface area contributed by atoms with Gasteiger partial charge in [-0.15, -0.1) is 0 Å². The van der Waals surface area contributed by atoms with Crippen molar-refractivity contribution >= 4 is 33.6 Å². The molecule has 31 heavy (non-hydrogen) atoms. The number of benzene rings is 1. The van der Waals surface area contributed by atoms with Gasteiger partial charge in [-0.05, 0) is 53.4 Å². The number of nitrogens with two attached hydrogens (primary N) is 1. The molecule has 1 aliphatic rings. The van der Waals surface area contributed by atoms with Crippen molar-refractivity contribution in [3.8, 4) is 5.75 Å². The Morgan fingerprint density at radius 2 is 2.10 bits per heavy atom. The van der Waals surface area contributed by atoms with E-state index in [2.05, 4.69) is 31.9 Å². The second-order valence-electron chi connectivity index (χ2n) is 7.74. The number of nitrogens with one attached hydrogen (secondary N) is 3. The molecule has 0 spiro atoms. The molecule has 5 N–H and O–H groups in total. The van der Waals surface area contributed by atoms with Gasteiger partial charge in [0.15, 0.2) is 11.5 Å². The molecule has 1 heterocycles. The number of anilines is 2. The third kappa shape index (κ3) is 5.92. The molecular weight excluding hydrogens is 460 g/mol. The lowest BCUT2D eigenvalue weighted by molar-refractivity contribution is 0.0948. The zero-order valence-corrected chi connectivity index (χ0v) is 19.9. The number of nitrogens with zero attached hydrogens (tertiary/aromatic N) is 2. The number of aromatic nitrogens is 2. The molecule has 9 heteroatoms. The molecule has 0 unspecified atom stereocenters. The van der Waals surface area contributed by atoms with Crippen LogP contribution in [0.2, 0.25) is 0 Å². The van der Waals surface area contributed by atoms with Gasteiger partial charge < -0.3 is 26.4 Å². The molecule has 0 aliphatic heterocycles. The van der Waals surface area contributed by atoms with Crippen LogP contribution in [0, 0.1) is 0 Å². The molecule has 1 saturated carbocycles. The number of carbonyl (C=O) groups excluding carboxylic acids is 1. The number of hydrogen-bond acceptors (Lipinski definition) is 6. The van der Waals surface area contributed by atoms with Crippen molar-refractivity contribution in [2.45, 2.75) is 51.6 Å². The third-order valence-electron chi connectivity index (χ3n) is 5.45. The maximum Gasteiger partial charge on any atom is 0.271 e. The number of rotatable bonds is 10. The number of amides is 1. The summed E-state index contributed by atoms with van der Waals surface area (Å²) in [5, 5.41) is 9.76. The fourth-order valence-corrected chi connectivity index (χ4v) is 4.51. The maximum absolute atomic E-state index is 13.0. The van der Waals surface area contributed by atoms with Crippen LogP contribution in [-0.2, 0) is 6.54 Å². The minimum absolute atomic E-state index is 0.154. The van der Waals surface area contributed by atoms with Crippen molar-refractivity contribution in [1.29, 1.82) is 0 Å². The first kappa shape index (κ1) is 23.4. The number of methoxy groups -OCH3 is 1. The van der Waals surface area contributed by atoms with Gasteiger partial charge in [0.05, 0.1) is 18.1 Å². The van der Waals surface area contributed by atoms with Crippen LogP contribution in [0.1, 0.15) is 55.1 Å². The number of imidazole rings is 1. The predicted octanol–water partition coefficient (Wildman–Crippen LogP) is 3.57. The summed E-state index contributed by atoms with van der Waals surface area (Å²) in [6, 6.07) is 6.30. The van der Waals surface area contributed by atoms with Gasteiger partial charge in [-0.3, -0.25) is 9.36 Å². The van der Waals surface area contributed by atoms with Crippen molar-refractivity contribution in [2.75, 3.05) is 37.4 Å². The standard InChI is InChI=1S/C22H33BrN6O2/c1-3-25-21(30)19-20(26-12-11-24)28-22(27-16-7-5-4-6-8-16)29(19)14-15-9-10-18(31-2)17(23)13-15/h9-10,13,16,26H,3-8,11-12,14,24H2,1-2H3,(H,25,30)(H,27,28). The van der Waals surface area contributed by atoms with E-state index >= 15 is 0 Å².